The molecule has 2 rings (SSSR count). The highest BCUT2D eigenvalue weighted by Gasteiger charge is 2.50. The Morgan fingerprint density at radius 3 is 1.72 bits per heavy atom. The number of aliphatic hydroxyl groups is 8. The van der Waals surface area contributed by atoms with E-state index in [2.05, 4.69) is 73.8 Å². The summed E-state index contributed by atoms with van der Waals surface area (Å²) < 4.78 is 22.6. The second-order valence-corrected chi connectivity index (χ2v) is 15.8. The SMILES string of the molecule is CC/C=C\C/C=C\C/C=C\C/C=C\C/C=C\CCCC(=O)NC(COC1OC(CO)C(OC2OC(CO)C(O)C(O)C2O)C(O)C1O)C(O)/C=C/CCCCCCCCCC. The molecule has 0 radical (unpaired) electrons. The van der Waals surface area contributed by atoms with Gasteiger partial charge in [0.25, 0.3) is 0 Å². The number of hydrogen-bond acceptors (Lipinski definition) is 13. The van der Waals surface area contributed by atoms with Crippen molar-refractivity contribution in [2.45, 2.75) is 197 Å². The zero-order chi connectivity index (χ0) is 44.7. The Kier molecular flexibility index (Phi) is 30.3. The van der Waals surface area contributed by atoms with Crippen LogP contribution in [0.5, 0.6) is 0 Å². The Hall–Kier alpha value is -2.57. The highest BCUT2D eigenvalue weighted by Crippen LogP contribution is 2.30. The van der Waals surface area contributed by atoms with Crippen LogP contribution in [0.4, 0.5) is 0 Å². The van der Waals surface area contributed by atoms with Crippen molar-refractivity contribution in [3.63, 3.8) is 0 Å². The van der Waals surface area contributed by atoms with Gasteiger partial charge in [0.05, 0.1) is 32.0 Å². The molecule has 14 heteroatoms. The van der Waals surface area contributed by atoms with Crippen molar-refractivity contribution in [2.75, 3.05) is 19.8 Å². The molecule has 0 aromatic rings. The van der Waals surface area contributed by atoms with Crippen LogP contribution in [0.25, 0.3) is 0 Å². The Bertz CT molecular complexity index is 1300. The molecule has 0 saturated carbocycles. The van der Waals surface area contributed by atoms with E-state index in [0.29, 0.717) is 12.8 Å². The lowest BCUT2D eigenvalue weighted by molar-refractivity contribution is -0.359. The number of ether oxygens (including phenoxy) is 4. The van der Waals surface area contributed by atoms with Crippen molar-refractivity contribution in [1.29, 1.82) is 0 Å². The smallest absolute Gasteiger partial charge is 0.220 e. The zero-order valence-corrected chi connectivity index (χ0v) is 36.6. The molecule has 0 aromatic carbocycles. The number of nitrogens with one attached hydrogen (secondary N) is 1. The van der Waals surface area contributed by atoms with Gasteiger partial charge in [-0.05, 0) is 57.8 Å². The lowest BCUT2D eigenvalue weighted by Gasteiger charge is -2.46. The van der Waals surface area contributed by atoms with Crippen molar-refractivity contribution < 1.29 is 64.6 Å². The van der Waals surface area contributed by atoms with Gasteiger partial charge in [-0.2, -0.15) is 0 Å². The standard InChI is InChI=1S/C47H79NO13/c1-3-5-7-9-11-13-15-16-17-18-19-20-21-23-25-27-29-31-39(52)48-35(36(51)30-28-26-24-22-14-12-10-8-6-4-2)34-58-46-44(57)42(55)45(38(33-50)60-46)61-47-43(56)41(54)40(53)37(32-49)59-47/h5,7,11,13,16-17,19-20,23,25,28,30,35-38,40-47,49-51,53-57H,3-4,6,8-10,12,14-15,18,21-22,24,26-27,29,31-34H2,1-2H3,(H,48,52)/b7-5-,13-11-,17-16-,20-19-,25-23-,30-28+. The second-order valence-electron chi connectivity index (χ2n) is 15.8. The number of carbonyl (C=O) groups is 1. The molecule has 2 heterocycles. The number of amides is 1. The number of hydrogen-bond donors (Lipinski definition) is 9. The average Bonchev–Trinajstić information content (AvgIpc) is 3.26. The lowest BCUT2D eigenvalue weighted by atomic mass is 9.97. The average molecular weight is 866 g/mol. The molecule has 61 heavy (non-hydrogen) atoms. The molecule has 14 nitrogen and oxygen atoms in total. The number of carbonyl (C=O) groups excluding carboxylic acids is 1. The van der Waals surface area contributed by atoms with Gasteiger partial charge in [0.1, 0.15) is 48.8 Å². The summed E-state index contributed by atoms with van der Waals surface area (Å²) in [6, 6.07) is -0.945. The van der Waals surface area contributed by atoms with E-state index < -0.39 is 86.8 Å². The zero-order valence-electron chi connectivity index (χ0n) is 36.6. The Morgan fingerprint density at radius 1 is 0.607 bits per heavy atom. The van der Waals surface area contributed by atoms with Gasteiger partial charge in [-0.15, -0.1) is 0 Å². The van der Waals surface area contributed by atoms with Crippen molar-refractivity contribution in [2.24, 2.45) is 0 Å². The maximum atomic E-state index is 13.1. The molecular weight excluding hydrogens is 787 g/mol. The van der Waals surface area contributed by atoms with Gasteiger partial charge in [0.2, 0.25) is 5.91 Å². The van der Waals surface area contributed by atoms with E-state index in [-0.39, 0.29) is 18.9 Å². The summed E-state index contributed by atoms with van der Waals surface area (Å²) in [5.74, 6) is -0.303. The van der Waals surface area contributed by atoms with Gasteiger partial charge >= 0.3 is 0 Å². The van der Waals surface area contributed by atoms with Crippen LogP contribution in [0.2, 0.25) is 0 Å². The first kappa shape index (κ1) is 54.6. The van der Waals surface area contributed by atoms with Gasteiger partial charge in [0.15, 0.2) is 12.6 Å². The molecule has 2 aliphatic rings. The molecular formula is C47H79NO13. The van der Waals surface area contributed by atoms with E-state index in [1.54, 1.807) is 6.08 Å². The van der Waals surface area contributed by atoms with Crippen molar-refractivity contribution >= 4 is 5.91 Å². The second kappa shape index (κ2) is 33.9. The monoisotopic (exact) mass is 866 g/mol. The highest BCUT2D eigenvalue weighted by molar-refractivity contribution is 5.76. The molecule has 2 fully saturated rings. The minimum Gasteiger partial charge on any atom is -0.394 e. The van der Waals surface area contributed by atoms with E-state index in [0.717, 1.165) is 57.8 Å². The van der Waals surface area contributed by atoms with Gasteiger partial charge in [-0.25, -0.2) is 0 Å². The molecule has 2 aliphatic heterocycles. The molecule has 2 saturated heterocycles. The van der Waals surface area contributed by atoms with Gasteiger partial charge < -0.3 is 65.1 Å². The van der Waals surface area contributed by atoms with E-state index in [1.165, 1.54) is 32.1 Å². The predicted octanol–water partition coefficient (Wildman–Crippen LogP) is 4.48. The Morgan fingerprint density at radius 2 is 1.13 bits per heavy atom. The maximum absolute atomic E-state index is 13.1. The topological polar surface area (TPSA) is 228 Å². The summed E-state index contributed by atoms with van der Waals surface area (Å²) in [5.41, 5.74) is 0. The minimum atomic E-state index is -1.79. The summed E-state index contributed by atoms with van der Waals surface area (Å²) in [5, 5.41) is 86.3. The number of allylic oxidation sites excluding steroid dienone is 11. The van der Waals surface area contributed by atoms with Crippen LogP contribution in [-0.2, 0) is 23.7 Å². The van der Waals surface area contributed by atoms with Gasteiger partial charge in [-0.3, -0.25) is 4.79 Å². The summed E-state index contributed by atoms with van der Waals surface area (Å²) in [6.45, 7) is 2.56. The summed E-state index contributed by atoms with van der Waals surface area (Å²) >= 11 is 0. The molecule has 12 unspecified atom stereocenters. The van der Waals surface area contributed by atoms with Crippen LogP contribution < -0.4 is 5.32 Å². The van der Waals surface area contributed by atoms with Gasteiger partial charge in [0, 0.05) is 6.42 Å². The van der Waals surface area contributed by atoms with Crippen LogP contribution in [-0.4, -0.2) is 140 Å². The van der Waals surface area contributed by atoms with Crippen LogP contribution >= 0.6 is 0 Å². The fraction of sp³-hybridized carbons (Fsp3) is 0.723. The largest absolute Gasteiger partial charge is 0.394 e. The molecule has 12 atom stereocenters. The highest BCUT2D eigenvalue weighted by atomic mass is 16.7. The fourth-order valence-corrected chi connectivity index (χ4v) is 6.91. The first-order valence-electron chi connectivity index (χ1n) is 22.7. The lowest BCUT2D eigenvalue weighted by Crippen LogP contribution is -2.65. The Labute approximate surface area is 364 Å². The normalized spacial score (nSPS) is 28.7. The molecule has 0 aromatic heterocycles. The summed E-state index contributed by atoms with van der Waals surface area (Å²) in [4.78, 5) is 13.1. The third-order valence-electron chi connectivity index (χ3n) is 10.6. The van der Waals surface area contributed by atoms with Crippen LogP contribution in [0, 0.1) is 0 Å². The molecule has 1 amide bonds. The molecule has 0 spiro atoms. The molecule has 0 aliphatic carbocycles. The van der Waals surface area contributed by atoms with E-state index in [9.17, 15) is 45.6 Å². The molecule has 350 valence electrons. The predicted molar refractivity (Wildman–Crippen MR) is 235 cm³/mol. The maximum Gasteiger partial charge on any atom is 0.220 e. The molecule has 9 N–H and O–H groups in total. The van der Waals surface area contributed by atoms with Crippen LogP contribution in [0.15, 0.2) is 72.9 Å². The fourth-order valence-electron chi connectivity index (χ4n) is 6.91. The number of aliphatic hydroxyl groups excluding tert-OH is 8. The van der Waals surface area contributed by atoms with Crippen molar-refractivity contribution in [3.8, 4) is 0 Å². The summed E-state index contributed by atoms with van der Waals surface area (Å²) in [7, 11) is 0. The third kappa shape index (κ3) is 22.1. The van der Waals surface area contributed by atoms with Crippen LogP contribution in [0.1, 0.15) is 123 Å². The van der Waals surface area contributed by atoms with Crippen molar-refractivity contribution in [1.82, 2.24) is 5.32 Å². The first-order chi connectivity index (χ1) is 29.6. The quantitative estimate of drug-likeness (QED) is 0.0336. The van der Waals surface area contributed by atoms with E-state index >= 15 is 0 Å². The summed E-state index contributed by atoms with van der Waals surface area (Å²) in [6.07, 6.45) is 23.9. The number of rotatable bonds is 32. The Balaban J connectivity index is 1.92. The number of unbranched alkanes of at least 4 members (excludes halogenated alkanes) is 9. The first-order valence-corrected chi connectivity index (χ1v) is 22.7. The van der Waals surface area contributed by atoms with Gasteiger partial charge in [-0.1, -0.05) is 132 Å². The molecule has 0 bridgehead atoms. The van der Waals surface area contributed by atoms with E-state index in [4.69, 9.17) is 18.9 Å². The minimum absolute atomic E-state index is 0.199. The van der Waals surface area contributed by atoms with E-state index in [1.807, 2.05) is 12.2 Å². The third-order valence-corrected chi connectivity index (χ3v) is 10.6. The van der Waals surface area contributed by atoms with Crippen molar-refractivity contribution in [3.05, 3.63) is 72.9 Å². The van der Waals surface area contributed by atoms with Crippen LogP contribution in [0.3, 0.4) is 0 Å².